The van der Waals surface area contributed by atoms with E-state index in [0.29, 0.717) is 5.69 Å². The van der Waals surface area contributed by atoms with Crippen LogP contribution in [-0.4, -0.2) is 27.5 Å². The summed E-state index contributed by atoms with van der Waals surface area (Å²) in [6, 6.07) is 18.1. The molecule has 3 aromatic rings. The quantitative estimate of drug-likeness (QED) is 0.439. The van der Waals surface area contributed by atoms with Crippen molar-refractivity contribution in [3.8, 4) is 5.75 Å². The minimum Gasteiger partial charge on any atom is -0.465 e. The topological polar surface area (TPSA) is 111 Å². The lowest BCUT2D eigenvalue weighted by molar-refractivity contribution is 0.0599. The molecule has 2 N–H and O–H groups in total. The van der Waals surface area contributed by atoms with Gasteiger partial charge < -0.3 is 19.6 Å². The first kappa shape index (κ1) is 21.8. The summed E-state index contributed by atoms with van der Waals surface area (Å²) in [7, 11) is -3.01. The SMILES string of the molecule is COC(=O)c1cc(NC(=O)Nc2ccc(C)cc2)ccc1OS(=O)(=O)c1ccccc1. The average Bonchev–Trinajstić information content (AvgIpc) is 2.76. The number of amides is 2. The largest absolute Gasteiger partial charge is 0.465 e. The summed E-state index contributed by atoms with van der Waals surface area (Å²) in [6.07, 6.45) is 0. The third kappa shape index (κ3) is 5.61. The van der Waals surface area contributed by atoms with Crippen LogP contribution in [0.4, 0.5) is 16.2 Å². The molecular weight excluding hydrogens is 420 g/mol. The van der Waals surface area contributed by atoms with Crippen LogP contribution in [0.2, 0.25) is 0 Å². The second-order valence-electron chi connectivity index (χ2n) is 6.50. The molecule has 2 amide bonds. The number of esters is 1. The summed E-state index contributed by atoms with van der Waals surface area (Å²) >= 11 is 0. The normalized spacial score (nSPS) is 10.8. The molecule has 0 aliphatic heterocycles. The number of benzene rings is 3. The summed E-state index contributed by atoms with van der Waals surface area (Å²) < 4.78 is 34.9. The van der Waals surface area contributed by atoms with Crippen LogP contribution in [0.5, 0.6) is 5.75 Å². The number of carbonyl (C=O) groups is 2. The van der Waals surface area contributed by atoms with E-state index in [2.05, 4.69) is 10.6 Å². The van der Waals surface area contributed by atoms with E-state index < -0.39 is 22.1 Å². The highest BCUT2D eigenvalue weighted by atomic mass is 32.2. The van der Waals surface area contributed by atoms with Gasteiger partial charge in [-0.15, -0.1) is 0 Å². The minimum absolute atomic E-state index is 0.0644. The molecule has 3 aromatic carbocycles. The van der Waals surface area contributed by atoms with Crippen molar-refractivity contribution in [1.82, 2.24) is 0 Å². The lowest BCUT2D eigenvalue weighted by atomic mass is 10.2. The van der Waals surface area contributed by atoms with Gasteiger partial charge in [0.05, 0.1) is 7.11 Å². The fourth-order valence-electron chi connectivity index (χ4n) is 2.63. The van der Waals surface area contributed by atoms with Gasteiger partial charge in [-0.1, -0.05) is 35.9 Å². The Morgan fingerprint density at radius 2 is 1.45 bits per heavy atom. The van der Waals surface area contributed by atoms with Gasteiger partial charge in [-0.25, -0.2) is 9.59 Å². The van der Waals surface area contributed by atoms with E-state index in [1.54, 1.807) is 30.3 Å². The summed E-state index contributed by atoms with van der Waals surface area (Å²) in [4.78, 5) is 24.4. The number of rotatable bonds is 6. The molecule has 0 saturated heterocycles. The number of urea groups is 1. The van der Waals surface area contributed by atoms with Gasteiger partial charge in [-0.05, 0) is 49.4 Å². The number of anilines is 2. The van der Waals surface area contributed by atoms with E-state index >= 15 is 0 Å². The molecule has 0 atom stereocenters. The van der Waals surface area contributed by atoms with Crippen LogP contribution in [-0.2, 0) is 14.9 Å². The molecule has 0 aromatic heterocycles. The fraction of sp³-hybridized carbons (Fsp3) is 0.0909. The van der Waals surface area contributed by atoms with Gasteiger partial charge in [0.2, 0.25) is 0 Å². The molecular formula is C22H20N2O6S. The number of aryl methyl sites for hydroxylation is 1. The maximum Gasteiger partial charge on any atom is 0.341 e. The molecule has 0 bridgehead atoms. The van der Waals surface area contributed by atoms with Crippen molar-refractivity contribution >= 4 is 33.5 Å². The van der Waals surface area contributed by atoms with Crippen LogP contribution in [0, 0.1) is 6.92 Å². The lowest BCUT2D eigenvalue weighted by Gasteiger charge is -2.13. The van der Waals surface area contributed by atoms with E-state index in [4.69, 9.17) is 8.92 Å². The number of hydrogen-bond donors (Lipinski definition) is 2. The molecule has 0 spiro atoms. The first-order chi connectivity index (χ1) is 14.8. The highest BCUT2D eigenvalue weighted by molar-refractivity contribution is 7.87. The molecule has 9 heteroatoms. The Morgan fingerprint density at radius 1 is 0.839 bits per heavy atom. The number of ether oxygens (including phenoxy) is 1. The molecule has 0 fully saturated rings. The highest BCUT2D eigenvalue weighted by Crippen LogP contribution is 2.27. The Labute approximate surface area is 179 Å². The van der Waals surface area contributed by atoms with Crippen LogP contribution in [0.15, 0.2) is 77.7 Å². The van der Waals surface area contributed by atoms with Crippen molar-refractivity contribution in [1.29, 1.82) is 0 Å². The third-order valence-electron chi connectivity index (χ3n) is 4.18. The number of methoxy groups -OCH3 is 1. The van der Waals surface area contributed by atoms with Gasteiger partial charge in [-0.2, -0.15) is 8.42 Å². The Bertz CT molecular complexity index is 1190. The maximum atomic E-state index is 12.5. The molecule has 0 radical (unpaired) electrons. The molecule has 160 valence electrons. The summed E-state index contributed by atoms with van der Waals surface area (Å²) in [5.41, 5.74) is 1.73. The van der Waals surface area contributed by atoms with Gasteiger partial charge in [-0.3, -0.25) is 0 Å². The van der Waals surface area contributed by atoms with Crippen molar-refractivity contribution in [2.45, 2.75) is 11.8 Å². The summed E-state index contributed by atoms with van der Waals surface area (Å²) in [5, 5.41) is 5.24. The van der Waals surface area contributed by atoms with Gasteiger partial charge in [0.1, 0.15) is 10.5 Å². The zero-order chi connectivity index (χ0) is 22.4. The molecule has 0 aliphatic carbocycles. The third-order valence-corrected chi connectivity index (χ3v) is 5.43. The van der Waals surface area contributed by atoms with Crippen molar-refractivity contribution in [3.63, 3.8) is 0 Å². The van der Waals surface area contributed by atoms with Crippen LogP contribution in [0.1, 0.15) is 15.9 Å². The smallest absolute Gasteiger partial charge is 0.341 e. The first-order valence-electron chi connectivity index (χ1n) is 9.15. The fourth-order valence-corrected chi connectivity index (χ4v) is 3.60. The van der Waals surface area contributed by atoms with Gasteiger partial charge >= 0.3 is 22.1 Å². The minimum atomic E-state index is -4.17. The van der Waals surface area contributed by atoms with Gasteiger partial charge in [0.15, 0.2) is 5.75 Å². The van der Waals surface area contributed by atoms with Crippen molar-refractivity contribution in [3.05, 3.63) is 83.9 Å². The number of carbonyl (C=O) groups excluding carboxylic acids is 2. The number of hydrogen-bond acceptors (Lipinski definition) is 6. The van der Waals surface area contributed by atoms with Crippen molar-refractivity contribution in [2.24, 2.45) is 0 Å². The van der Waals surface area contributed by atoms with E-state index in [0.717, 1.165) is 12.7 Å². The first-order valence-corrected chi connectivity index (χ1v) is 10.6. The predicted octanol–water partition coefficient (Wildman–Crippen LogP) is 4.19. The van der Waals surface area contributed by atoms with Crippen LogP contribution >= 0.6 is 0 Å². The Balaban J connectivity index is 1.82. The van der Waals surface area contributed by atoms with Crippen molar-refractivity contribution in [2.75, 3.05) is 17.7 Å². The summed E-state index contributed by atoms with van der Waals surface area (Å²) in [5.74, 6) is -1.04. The summed E-state index contributed by atoms with van der Waals surface area (Å²) in [6.45, 7) is 1.93. The average molecular weight is 440 g/mol. The maximum absolute atomic E-state index is 12.5. The Morgan fingerprint density at radius 3 is 2.10 bits per heavy atom. The van der Waals surface area contributed by atoms with E-state index in [9.17, 15) is 18.0 Å². The van der Waals surface area contributed by atoms with Gasteiger partial charge in [0, 0.05) is 11.4 Å². The Kier molecular flexibility index (Phi) is 6.56. The standard InChI is InChI=1S/C22H20N2O6S/c1-15-8-10-16(11-9-15)23-22(26)24-17-12-13-20(19(14-17)21(25)29-2)30-31(27,28)18-6-4-3-5-7-18/h3-14H,1-2H3,(H2,23,24,26). The highest BCUT2D eigenvalue weighted by Gasteiger charge is 2.22. The molecule has 0 aliphatic rings. The Hall–Kier alpha value is -3.85. The number of nitrogens with one attached hydrogen (secondary N) is 2. The van der Waals surface area contributed by atoms with Crippen LogP contribution in [0.25, 0.3) is 0 Å². The van der Waals surface area contributed by atoms with E-state index in [-0.39, 0.29) is 21.9 Å². The zero-order valence-corrected chi connectivity index (χ0v) is 17.6. The van der Waals surface area contributed by atoms with Crippen LogP contribution < -0.4 is 14.8 Å². The monoisotopic (exact) mass is 440 g/mol. The predicted molar refractivity (Wildman–Crippen MR) is 116 cm³/mol. The van der Waals surface area contributed by atoms with Crippen LogP contribution in [0.3, 0.4) is 0 Å². The molecule has 31 heavy (non-hydrogen) atoms. The molecule has 0 saturated carbocycles. The molecule has 0 heterocycles. The van der Waals surface area contributed by atoms with E-state index in [1.807, 2.05) is 19.1 Å². The molecule has 8 nitrogen and oxygen atoms in total. The molecule has 0 unspecified atom stereocenters. The van der Waals surface area contributed by atoms with E-state index in [1.165, 1.54) is 30.3 Å². The molecule has 3 rings (SSSR count). The van der Waals surface area contributed by atoms with Crippen molar-refractivity contribution < 1.29 is 26.9 Å². The lowest BCUT2D eigenvalue weighted by Crippen LogP contribution is -2.20. The van der Waals surface area contributed by atoms with Gasteiger partial charge in [0.25, 0.3) is 0 Å². The second-order valence-corrected chi connectivity index (χ2v) is 8.04. The second kappa shape index (κ2) is 9.31. The zero-order valence-electron chi connectivity index (χ0n) is 16.8.